The maximum atomic E-state index is 7.94. The highest BCUT2D eigenvalue weighted by molar-refractivity contribution is 7.21. The van der Waals surface area contributed by atoms with Gasteiger partial charge in [0.1, 0.15) is 0 Å². The SMILES string of the molecule is CCCCCC[Si](Cl)(CCCCCC)C1C(C(C)C)=Cc2c(-c3ccc(C(C)(C)C)cc3)cccc21. The van der Waals surface area contributed by atoms with Crippen LogP contribution in [0.15, 0.2) is 48.0 Å². The molecule has 1 aliphatic rings. The van der Waals surface area contributed by atoms with E-state index in [-0.39, 0.29) is 5.41 Å². The third-order valence-electron chi connectivity index (χ3n) is 8.23. The van der Waals surface area contributed by atoms with Crippen LogP contribution in [0.4, 0.5) is 0 Å². The fraction of sp³-hybridized carbons (Fsp3) is 0.588. The molecule has 0 aliphatic heterocycles. The van der Waals surface area contributed by atoms with Gasteiger partial charge in [-0.1, -0.05) is 154 Å². The molecule has 198 valence electrons. The molecule has 1 aliphatic carbocycles. The highest BCUT2D eigenvalue weighted by atomic mass is 35.6. The number of fused-ring (bicyclic) bond motifs is 1. The molecule has 0 saturated heterocycles. The van der Waals surface area contributed by atoms with Crippen LogP contribution in [0.1, 0.15) is 122 Å². The Balaban J connectivity index is 2.01. The first-order valence-electron chi connectivity index (χ1n) is 14.8. The predicted molar refractivity (Wildman–Crippen MR) is 166 cm³/mol. The zero-order valence-electron chi connectivity index (χ0n) is 24.2. The average Bonchev–Trinajstić information content (AvgIpc) is 3.25. The Morgan fingerprint density at radius 1 is 0.806 bits per heavy atom. The maximum absolute atomic E-state index is 7.94. The zero-order valence-corrected chi connectivity index (χ0v) is 26.0. The third-order valence-corrected chi connectivity index (χ3v) is 14.1. The summed E-state index contributed by atoms with van der Waals surface area (Å²) in [6.07, 6.45) is 13.0. The quantitative estimate of drug-likeness (QED) is 0.139. The van der Waals surface area contributed by atoms with E-state index in [1.807, 2.05) is 0 Å². The molecule has 1 unspecified atom stereocenters. The summed E-state index contributed by atoms with van der Waals surface area (Å²) in [5, 5.41) is 0. The molecule has 2 aromatic carbocycles. The summed E-state index contributed by atoms with van der Waals surface area (Å²) in [6.45, 7) is 16.2. The van der Waals surface area contributed by atoms with Crippen LogP contribution >= 0.6 is 11.1 Å². The zero-order chi connectivity index (χ0) is 26.3. The van der Waals surface area contributed by atoms with Crippen molar-refractivity contribution >= 4 is 24.5 Å². The van der Waals surface area contributed by atoms with E-state index in [0.717, 1.165) is 0 Å². The van der Waals surface area contributed by atoms with Gasteiger partial charge in [-0.2, -0.15) is 11.1 Å². The largest absolute Gasteiger partial charge is 0.167 e. The Bertz CT molecular complexity index is 981. The molecule has 0 spiro atoms. The molecular weight excluding hydrogens is 472 g/mol. The smallest absolute Gasteiger partial charge is 0.166 e. The lowest BCUT2D eigenvalue weighted by molar-refractivity contribution is 0.590. The molecule has 0 saturated carbocycles. The van der Waals surface area contributed by atoms with E-state index in [1.54, 1.807) is 5.57 Å². The molecule has 0 N–H and O–H groups in total. The summed E-state index contributed by atoms with van der Waals surface area (Å²) in [4.78, 5) is 0. The number of halogens is 1. The highest BCUT2D eigenvalue weighted by Crippen LogP contribution is 2.52. The van der Waals surface area contributed by atoms with Crippen molar-refractivity contribution in [3.63, 3.8) is 0 Å². The number of rotatable bonds is 13. The lowest BCUT2D eigenvalue weighted by atomic mass is 9.86. The van der Waals surface area contributed by atoms with Gasteiger partial charge in [-0.3, -0.25) is 0 Å². The Morgan fingerprint density at radius 3 is 1.89 bits per heavy atom. The molecule has 36 heavy (non-hydrogen) atoms. The van der Waals surface area contributed by atoms with Crippen LogP contribution < -0.4 is 0 Å². The summed E-state index contributed by atoms with van der Waals surface area (Å²) in [7, 11) is -2.05. The standard InChI is InChI=1S/C34H51ClSi/c1-8-10-12-14-23-36(35,24-15-13-11-9-2)33-30-18-16-17-29(32(30)25-31(33)26(3)4)27-19-21-28(22-20-27)34(5,6)7/h16-22,25-26,33H,8-15,23-24H2,1-7H3. The first kappa shape index (κ1) is 29.2. The fourth-order valence-corrected chi connectivity index (χ4v) is 11.9. The number of benzene rings is 2. The van der Waals surface area contributed by atoms with Crippen LogP contribution in [0, 0.1) is 5.92 Å². The van der Waals surface area contributed by atoms with Crippen molar-refractivity contribution < 1.29 is 0 Å². The van der Waals surface area contributed by atoms with Crippen LogP contribution in [-0.2, 0) is 5.41 Å². The lowest BCUT2D eigenvalue weighted by Gasteiger charge is -2.35. The molecule has 2 aromatic rings. The van der Waals surface area contributed by atoms with Gasteiger partial charge in [-0.05, 0) is 51.2 Å². The van der Waals surface area contributed by atoms with E-state index in [2.05, 4.69) is 97.0 Å². The normalized spacial score (nSPS) is 15.9. The second-order valence-corrected chi connectivity index (χ2v) is 18.4. The van der Waals surface area contributed by atoms with Crippen molar-refractivity contribution in [2.45, 2.75) is 123 Å². The molecule has 1 atom stereocenters. The number of hydrogen-bond donors (Lipinski definition) is 0. The van der Waals surface area contributed by atoms with Crippen LogP contribution in [0.25, 0.3) is 17.2 Å². The van der Waals surface area contributed by atoms with Gasteiger partial charge in [0.15, 0.2) is 7.38 Å². The van der Waals surface area contributed by atoms with E-state index in [1.165, 1.54) is 91.3 Å². The molecule has 0 aromatic heterocycles. The second kappa shape index (κ2) is 13.0. The molecule has 0 bridgehead atoms. The first-order chi connectivity index (χ1) is 17.1. The van der Waals surface area contributed by atoms with E-state index in [9.17, 15) is 0 Å². The van der Waals surface area contributed by atoms with E-state index >= 15 is 0 Å². The molecular formula is C34H51ClSi. The van der Waals surface area contributed by atoms with Crippen LogP contribution in [-0.4, -0.2) is 7.38 Å². The minimum absolute atomic E-state index is 0.173. The Morgan fingerprint density at radius 2 is 1.39 bits per heavy atom. The molecule has 0 nitrogen and oxygen atoms in total. The average molecular weight is 523 g/mol. The molecule has 0 radical (unpaired) electrons. The van der Waals surface area contributed by atoms with Crippen molar-refractivity contribution in [1.82, 2.24) is 0 Å². The van der Waals surface area contributed by atoms with Gasteiger partial charge in [-0.25, -0.2) is 0 Å². The first-order valence-corrected chi connectivity index (χ1v) is 18.3. The lowest BCUT2D eigenvalue weighted by Crippen LogP contribution is -2.37. The van der Waals surface area contributed by atoms with Crippen molar-refractivity contribution in [1.29, 1.82) is 0 Å². The predicted octanol–water partition coefficient (Wildman–Crippen LogP) is 11.7. The number of unbranched alkanes of at least 4 members (excludes halogenated alkanes) is 6. The van der Waals surface area contributed by atoms with Gasteiger partial charge in [0.05, 0.1) is 0 Å². The van der Waals surface area contributed by atoms with Crippen LogP contribution in [0.5, 0.6) is 0 Å². The van der Waals surface area contributed by atoms with E-state index < -0.39 is 7.38 Å². The third kappa shape index (κ3) is 6.96. The Labute approximate surface area is 228 Å². The van der Waals surface area contributed by atoms with Crippen molar-refractivity contribution in [3.8, 4) is 11.1 Å². The highest BCUT2D eigenvalue weighted by Gasteiger charge is 2.45. The fourth-order valence-electron chi connectivity index (χ4n) is 6.01. The molecule has 3 rings (SSSR count). The van der Waals surface area contributed by atoms with Gasteiger partial charge >= 0.3 is 0 Å². The van der Waals surface area contributed by atoms with Gasteiger partial charge in [0, 0.05) is 5.54 Å². The van der Waals surface area contributed by atoms with E-state index in [0.29, 0.717) is 11.5 Å². The maximum Gasteiger partial charge on any atom is 0.167 e. The second-order valence-electron chi connectivity index (χ2n) is 12.5. The summed E-state index contributed by atoms with van der Waals surface area (Å²) in [5.41, 5.74) is 9.26. The Kier molecular flexibility index (Phi) is 10.5. The van der Waals surface area contributed by atoms with Crippen molar-refractivity contribution in [3.05, 3.63) is 64.7 Å². The Hall–Kier alpha value is -1.31. The summed E-state index contributed by atoms with van der Waals surface area (Å²) in [6, 6.07) is 18.8. The summed E-state index contributed by atoms with van der Waals surface area (Å²) >= 11 is 7.94. The van der Waals surface area contributed by atoms with Crippen LogP contribution in [0.3, 0.4) is 0 Å². The minimum Gasteiger partial charge on any atom is -0.166 e. The van der Waals surface area contributed by atoms with Gasteiger partial charge < -0.3 is 0 Å². The molecule has 2 heteroatoms. The summed E-state index contributed by atoms with van der Waals surface area (Å²) < 4.78 is 0. The molecule has 0 amide bonds. The minimum atomic E-state index is -2.05. The monoisotopic (exact) mass is 522 g/mol. The van der Waals surface area contributed by atoms with Gasteiger partial charge in [0.25, 0.3) is 0 Å². The van der Waals surface area contributed by atoms with Crippen LogP contribution in [0.2, 0.25) is 12.1 Å². The number of allylic oxidation sites excluding steroid dienone is 1. The van der Waals surface area contributed by atoms with Crippen molar-refractivity contribution in [2.24, 2.45) is 5.92 Å². The molecule has 0 heterocycles. The molecule has 0 fully saturated rings. The number of hydrogen-bond acceptors (Lipinski definition) is 0. The van der Waals surface area contributed by atoms with E-state index in [4.69, 9.17) is 11.1 Å². The van der Waals surface area contributed by atoms with Crippen molar-refractivity contribution in [2.75, 3.05) is 0 Å². The summed E-state index contributed by atoms with van der Waals surface area (Å²) in [5.74, 6) is 0.524. The van der Waals surface area contributed by atoms with Gasteiger partial charge in [-0.15, -0.1) is 0 Å². The van der Waals surface area contributed by atoms with Gasteiger partial charge in [0.2, 0.25) is 0 Å². The topological polar surface area (TPSA) is 0 Å².